The van der Waals surface area contributed by atoms with Crippen LogP contribution in [0.5, 0.6) is 0 Å². The molecule has 0 radical (unpaired) electrons. The standard InChI is InChI=1S/C71H114NO8P/c1-6-8-10-12-14-16-18-20-22-24-26-27-28-29-30-31-32-33-34-35-36-37-38-39-40-41-42-43-44-45-46-48-50-52-54-56-58-60-62-64-71(74)80-69(68-79-81(75,76)78-66-65-72(3,4)5)67-77-70(73)63-61-59-57-55-53-51-49-47-25-23-21-19-17-15-13-11-9-7-2/h8,10,14,16-17,19-20,22-23,25-27,29-30,32-33,35-36,38-39,41-42,44-45,48,50,54,56,69H,6-7,9,11-13,15,18,21,24,28,31,34,37,40,43,46-47,49,51-53,55,57-68H2,1-5H3/p+1/b10-8-,16-14-,19-17-,22-20-,25-23-,27-26-,30-29-,33-32-,36-35-,39-38-,42-41-,45-44-,50-48-,56-54-. The van der Waals surface area contributed by atoms with Gasteiger partial charge in [-0.15, -0.1) is 0 Å². The number of likely N-dealkylation sites (N-methyl/N-ethyl adjacent to an activating group) is 1. The number of quaternary nitrogens is 1. The maximum Gasteiger partial charge on any atom is 0.472 e. The van der Waals surface area contributed by atoms with Crippen molar-refractivity contribution in [3.63, 3.8) is 0 Å². The highest BCUT2D eigenvalue weighted by atomic mass is 31.2. The maximum atomic E-state index is 12.8. The minimum absolute atomic E-state index is 0.0123. The Balaban J connectivity index is 4.26. The van der Waals surface area contributed by atoms with Crippen LogP contribution >= 0.6 is 7.82 Å². The molecule has 0 amide bonds. The van der Waals surface area contributed by atoms with E-state index in [0.29, 0.717) is 23.9 Å². The molecule has 0 rings (SSSR count). The van der Waals surface area contributed by atoms with E-state index in [9.17, 15) is 19.0 Å². The summed E-state index contributed by atoms with van der Waals surface area (Å²) in [6.07, 6.45) is 91.5. The number of phosphoric acid groups is 1. The van der Waals surface area contributed by atoms with Crippen molar-refractivity contribution >= 4 is 19.8 Å². The largest absolute Gasteiger partial charge is 0.472 e. The number of allylic oxidation sites excluding steroid dienone is 28. The van der Waals surface area contributed by atoms with Gasteiger partial charge in [-0.05, 0) is 135 Å². The Morgan fingerprint density at radius 2 is 0.704 bits per heavy atom. The van der Waals surface area contributed by atoms with Crippen LogP contribution in [-0.2, 0) is 32.7 Å². The van der Waals surface area contributed by atoms with Gasteiger partial charge in [-0.25, -0.2) is 4.57 Å². The number of unbranched alkanes of at least 4 members (excludes halogenated alkanes) is 13. The molecular weight excluding hydrogens is 1030 g/mol. The van der Waals surface area contributed by atoms with Gasteiger partial charge in [0.2, 0.25) is 0 Å². The Morgan fingerprint density at radius 1 is 0.395 bits per heavy atom. The van der Waals surface area contributed by atoms with Crippen molar-refractivity contribution in [1.82, 2.24) is 0 Å². The van der Waals surface area contributed by atoms with Gasteiger partial charge in [0.25, 0.3) is 0 Å². The number of hydrogen-bond donors (Lipinski definition) is 1. The van der Waals surface area contributed by atoms with Gasteiger partial charge in [-0.3, -0.25) is 18.6 Å². The number of carbonyl (C=O) groups excluding carboxylic acids is 2. The lowest BCUT2D eigenvalue weighted by Crippen LogP contribution is -2.37. The van der Waals surface area contributed by atoms with E-state index in [1.807, 2.05) is 21.1 Å². The van der Waals surface area contributed by atoms with Crippen molar-refractivity contribution in [2.24, 2.45) is 0 Å². The molecule has 0 aromatic carbocycles. The van der Waals surface area contributed by atoms with Crippen LogP contribution < -0.4 is 0 Å². The molecule has 9 nitrogen and oxygen atoms in total. The van der Waals surface area contributed by atoms with Crippen LogP contribution in [0.1, 0.15) is 213 Å². The van der Waals surface area contributed by atoms with E-state index in [4.69, 9.17) is 18.5 Å². The highest BCUT2D eigenvalue weighted by molar-refractivity contribution is 7.47. The zero-order chi connectivity index (χ0) is 59.1. The van der Waals surface area contributed by atoms with E-state index in [1.54, 1.807) is 0 Å². The molecular formula is C71H115NO8P+. The van der Waals surface area contributed by atoms with E-state index in [-0.39, 0.29) is 26.1 Å². The lowest BCUT2D eigenvalue weighted by atomic mass is 10.1. The third-order valence-electron chi connectivity index (χ3n) is 12.5. The van der Waals surface area contributed by atoms with Crippen molar-refractivity contribution in [2.45, 2.75) is 219 Å². The van der Waals surface area contributed by atoms with Gasteiger partial charge in [0.1, 0.15) is 19.8 Å². The Morgan fingerprint density at radius 3 is 1.07 bits per heavy atom. The van der Waals surface area contributed by atoms with Gasteiger partial charge in [0.05, 0.1) is 27.7 Å². The lowest BCUT2D eigenvalue weighted by molar-refractivity contribution is -0.870. The highest BCUT2D eigenvalue weighted by Gasteiger charge is 2.27. The van der Waals surface area contributed by atoms with Crippen LogP contribution in [0.25, 0.3) is 0 Å². The number of carbonyl (C=O) groups is 2. The second-order valence-electron chi connectivity index (χ2n) is 21.4. The fourth-order valence-electron chi connectivity index (χ4n) is 7.67. The summed E-state index contributed by atoms with van der Waals surface area (Å²) in [6, 6.07) is 0. The summed E-state index contributed by atoms with van der Waals surface area (Å²) in [5, 5.41) is 0. The molecule has 0 aromatic heterocycles. The molecule has 81 heavy (non-hydrogen) atoms. The molecule has 10 heteroatoms. The van der Waals surface area contributed by atoms with E-state index >= 15 is 0 Å². The van der Waals surface area contributed by atoms with Crippen LogP contribution in [0.4, 0.5) is 0 Å². The summed E-state index contributed by atoms with van der Waals surface area (Å²) in [7, 11) is 1.42. The smallest absolute Gasteiger partial charge is 0.462 e. The molecule has 1 N–H and O–H groups in total. The molecule has 2 unspecified atom stereocenters. The second-order valence-corrected chi connectivity index (χ2v) is 22.8. The lowest BCUT2D eigenvalue weighted by Gasteiger charge is -2.24. The first kappa shape index (κ1) is 76.4. The van der Waals surface area contributed by atoms with Crippen molar-refractivity contribution in [3.05, 3.63) is 170 Å². The minimum Gasteiger partial charge on any atom is -0.462 e. The fourth-order valence-corrected chi connectivity index (χ4v) is 8.41. The van der Waals surface area contributed by atoms with E-state index in [0.717, 1.165) is 122 Å². The summed E-state index contributed by atoms with van der Waals surface area (Å²) in [5.41, 5.74) is 0. The molecule has 0 aliphatic rings. The van der Waals surface area contributed by atoms with Gasteiger partial charge in [0.15, 0.2) is 6.10 Å². The van der Waals surface area contributed by atoms with Crippen LogP contribution in [-0.4, -0.2) is 74.9 Å². The van der Waals surface area contributed by atoms with Crippen LogP contribution in [0.2, 0.25) is 0 Å². The van der Waals surface area contributed by atoms with Gasteiger partial charge < -0.3 is 18.9 Å². The SMILES string of the molecule is CC/C=C\C/C=C\C/C=C\C/C=C\C/C=C\C/C=C\C/C=C\C/C=C\C/C=C\C/C=C\C/C=C\C/C=C\CCCCC(=O)OC(COC(=O)CCCCCCCCC/C=C\C/C=C\CCCCCC)COP(=O)(O)OCC[N+](C)(C)C. The van der Waals surface area contributed by atoms with Gasteiger partial charge in [0, 0.05) is 12.8 Å². The fraction of sp³-hybridized carbons (Fsp3) is 0.577. The third kappa shape index (κ3) is 64.4. The van der Waals surface area contributed by atoms with E-state index in [1.165, 1.54) is 51.4 Å². The molecule has 456 valence electrons. The minimum atomic E-state index is -4.41. The van der Waals surface area contributed by atoms with E-state index in [2.05, 4.69) is 184 Å². The Labute approximate surface area is 496 Å². The molecule has 0 aromatic rings. The molecule has 0 saturated heterocycles. The zero-order valence-corrected chi connectivity index (χ0v) is 52.6. The average molecular weight is 1140 g/mol. The van der Waals surface area contributed by atoms with Crippen LogP contribution in [0.3, 0.4) is 0 Å². The molecule has 0 fully saturated rings. The highest BCUT2D eigenvalue weighted by Crippen LogP contribution is 2.43. The van der Waals surface area contributed by atoms with Crippen molar-refractivity contribution in [3.8, 4) is 0 Å². The van der Waals surface area contributed by atoms with Crippen LogP contribution in [0.15, 0.2) is 170 Å². The zero-order valence-electron chi connectivity index (χ0n) is 51.7. The van der Waals surface area contributed by atoms with E-state index < -0.39 is 32.5 Å². The predicted octanol–water partition coefficient (Wildman–Crippen LogP) is 20.2. The summed E-state index contributed by atoms with van der Waals surface area (Å²) in [5.74, 6) is -0.871. The van der Waals surface area contributed by atoms with Crippen molar-refractivity contribution in [2.75, 3.05) is 47.5 Å². The van der Waals surface area contributed by atoms with Crippen molar-refractivity contribution in [1.29, 1.82) is 0 Å². The molecule has 0 bridgehead atoms. The van der Waals surface area contributed by atoms with Crippen LogP contribution in [0, 0.1) is 0 Å². The summed E-state index contributed by atoms with van der Waals surface area (Å²) < 4.78 is 34.5. The van der Waals surface area contributed by atoms with Gasteiger partial charge in [-0.1, -0.05) is 235 Å². The second kappa shape index (κ2) is 60.0. The van der Waals surface area contributed by atoms with Gasteiger partial charge in [-0.2, -0.15) is 0 Å². The molecule has 0 heterocycles. The molecule has 0 saturated carbocycles. The normalized spacial score (nSPS) is 14.4. The maximum absolute atomic E-state index is 12.8. The number of phosphoric ester groups is 1. The topological polar surface area (TPSA) is 108 Å². The van der Waals surface area contributed by atoms with Crippen molar-refractivity contribution < 1.29 is 42.1 Å². The summed E-state index contributed by atoms with van der Waals surface area (Å²) in [4.78, 5) is 35.7. The summed E-state index contributed by atoms with van der Waals surface area (Å²) in [6.45, 7) is 4.22. The molecule has 0 aliphatic carbocycles. The monoisotopic (exact) mass is 1140 g/mol. The van der Waals surface area contributed by atoms with Gasteiger partial charge >= 0.3 is 19.8 Å². The number of nitrogens with zero attached hydrogens (tertiary/aromatic N) is 1. The third-order valence-corrected chi connectivity index (χ3v) is 13.5. The number of rotatable bonds is 55. The summed E-state index contributed by atoms with van der Waals surface area (Å²) >= 11 is 0. The molecule has 0 aliphatic heterocycles. The Bertz CT molecular complexity index is 1970. The Kier molecular flexibility index (Phi) is 56.5. The number of ether oxygens (including phenoxy) is 2. The predicted molar refractivity (Wildman–Crippen MR) is 348 cm³/mol. The number of esters is 2. The number of hydrogen-bond acceptors (Lipinski definition) is 7. The Hall–Kier alpha value is -4.63. The first-order valence-corrected chi connectivity index (χ1v) is 32.9. The first-order chi connectivity index (χ1) is 39.5. The molecule has 2 atom stereocenters. The molecule has 0 spiro atoms. The first-order valence-electron chi connectivity index (χ1n) is 31.4. The quantitative estimate of drug-likeness (QED) is 0.0211. The average Bonchev–Trinajstić information content (AvgIpc) is 3.43.